The van der Waals surface area contributed by atoms with Gasteiger partial charge in [-0.25, -0.2) is 0 Å². The Labute approximate surface area is 83.9 Å². The van der Waals surface area contributed by atoms with Crippen molar-refractivity contribution < 1.29 is 0 Å². The monoisotopic (exact) mass is 201 g/mol. The summed E-state index contributed by atoms with van der Waals surface area (Å²) in [5.41, 5.74) is 7.48. The molecular formula is C9H16ClN3. The predicted octanol–water partition coefficient (Wildman–Crippen LogP) is 1.76. The number of nitrogens with two attached hydrogens (primary N) is 1. The summed E-state index contributed by atoms with van der Waals surface area (Å²) in [6.07, 6.45) is 1.88. The molecule has 0 radical (unpaired) electrons. The van der Waals surface area contributed by atoms with E-state index >= 15 is 0 Å². The molecule has 0 spiro atoms. The highest BCUT2D eigenvalue weighted by Crippen LogP contribution is 2.21. The van der Waals surface area contributed by atoms with Crippen molar-refractivity contribution in [2.75, 3.05) is 6.54 Å². The minimum Gasteiger partial charge on any atom is -0.330 e. The smallest absolute Gasteiger partial charge is 0.0847 e. The van der Waals surface area contributed by atoms with Gasteiger partial charge in [0.2, 0.25) is 0 Å². The van der Waals surface area contributed by atoms with Gasteiger partial charge in [0, 0.05) is 6.54 Å². The summed E-state index contributed by atoms with van der Waals surface area (Å²) in [6, 6.07) is 0. The Hall–Kier alpha value is -0.540. The van der Waals surface area contributed by atoms with E-state index in [1.807, 2.05) is 11.6 Å². The molecule has 0 aliphatic heterocycles. The fourth-order valence-corrected chi connectivity index (χ4v) is 1.61. The third-order valence-electron chi connectivity index (χ3n) is 2.07. The second kappa shape index (κ2) is 4.63. The lowest BCUT2D eigenvalue weighted by Crippen LogP contribution is -2.06. The second-order valence-electron chi connectivity index (χ2n) is 3.05. The van der Waals surface area contributed by atoms with Crippen LogP contribution in [0.3, 0.4) is 0 Å². The van der Waals surface area contributed by atoms with Crippen molar-refractivity contribution >= 4 is 11.6 Å². The number of aryl methyl sites for hydroxylation is 2. The molecule has 0 aliphatic carbocycles. The van der Waals surface area contributed by atoms with Crippen LogP contribution in [-0.2, 0) is 13.0 Å². The van der Waals surface area contributed by atoms with Crippen LogP contribution in [-0.4, -0.2) is 16.3 Å². The molecule has 74 valence electrons. The molecule has 0 bridgehead atoms. The van der Waals surface area contributed by atoms with Gasteiger partial charge in [-0.2, -0.15) is 5.10 Å². The zero-order valence-corrected chi connectivity index (χ0v) is 8.93. The first-order valence-electron chi connectivity index (χ1n) is 4.62. The summed E-state index contributed by atoms with van der Waals surface area (Å²) < 4.78 is 1.95. The Morgan fingerprint density at radius 2 is 2.23 bits per heavy atom. The first-order valence-corrected chi connectivity index (χ1v) is 5.00. The van der Waals surface area contributed by atoms with E-state index in [1.165, 1.54) is 0 Å². The van der Waals surface area contributed by atoms with E-state index in [1.54, 1.807) is 0 Å². The number of aromatic nitrogens is 2. The van der Waals surface area contributed by atoms with Crippen molar-refractivity contribution in [1.82, 2.24) is 9.78 Å². The van der Waals surface area contributed by atoms with Crippen LogP contribution in [0.5, 0.6) is 0 Å². The summed E-state index contributed by atoms with van der Waals surface area (Å²) >= 11 is 6.10. The van der Waals surface area contributed by atoms with Crippen molar-refractivity contribution in [1.29, 1.82) is 0 Å². The quantitative estimate of drug-likeness (QED) is 0.807. The third-order valence-corrected chi connectivity index (χ3v) is 2.56. The van der Waals surface area contributed by atoms with Gasteiger partial charge in [-0.3, -0.25) is 4.68 Å². The predicted molar refractivity (Wildman–Crippen MR) is 55.0 cm³/mol. The Morgan fingerprint density at radius 1 is 1.54 bits per heavy atom. The second-order valence-corrected chi connectivity index (χ2v) is 3.43. The highest BCUT2D eigenvalue weighted by atomic mass is 35.5. The average Bonchev–Trinajstić information content (AvgIpc) is 2.40. The summed E-state index contributed by atoms with van der Waals surface area (Å²) in [5.74, 6) is 0. The standard InChI is InChI=1S/C9H16ClN3/c1-3-13-8(5-4-6-11)9(10)7(2)12-13/h3-6,11H2,1-2H3. The Morgan fingerprint density at radius 3 is 2.77 bits per heavy atom. The molecule has 1 heterocycles. The Balaban J connectivity index is 2.88. The van der Waals surface area contributed by atoms with E-state index in [2.05, 4.69) is 12.0 Å². The lowest BCUT2D eigenvalue weighted by molar-refractivity contribution is 0.607. The van der Waals surface area contributed by atoms with Crippen LogP contribution in [0.15, 0.2) is 0 Å². The van der Waals surface area contributed by atoms with E-state index < -0.39 is 0 Å². The fourth-order valence-electron chi connectivity index (χ4n) is 1.38. The van der Waals surface area contributed by atoms with Crippen LogP contribution in [0.25, 0.3) is 0 Å². The normalized spacial score (nSPS) is 10.8. The van der Waals surface area contributed by atoms with Gasteiger partial charge in [-0.15, -0.1) is 0 Å². The molecule has 13 heavy (non-hydrogen) atoms. The molecule has 2 N–H and O–H groups in total. The molecule has 0 saturated heterocycles. The SMILES string of the molecule is CCn1nc(C)c(Cl)c1CCCN. The van der Waals surface area contributed by atoms with Gasteiger partial charge in [0.1, 0.15) is 0 Å². The molecule has 0 aromatic carbocycles. The van der Waals surface area contributed by atoms with E-state index in [0.717, 1.165) is 35.8 Å². The van der Waals surface area contributed by atoms with Gasteiger partial charge in [-0.05, 0) is 33.2 Å². The van der Waals surface area contributed by atoms with Gasteiger partial charge in [-0.1, -0.05) is 11.6 Å². The van der Waals surface area contributed by atoms with Crippen LogP contribution in [0.4, 0.5) is 0 Å². The maximum absolute atomic E-state index is 6.10. The lowest BCUT2D eigenvalue weighted by Gasteiger charge is -2.03. The molecule has 0 atom stereocenters. The first kappa shape index (κ1) is 10.5. The topological polar surface area (TPSA) is 43.8 Å². The van der Waals surface area contributed by atoms with Gasteiger partial charge in [0.15, 0.2) is 0 Å². The molecular weight excluding hydrogens is 186 g/mol. The largest absolute Gasteiger partial charge is 0.330 e. The molecule has 0 amide bonds. The summed E-state index contributed by atoms with van der Waals surface area (Å²) in [7, 11) is 0. The minimum atomic E-state index is 0.699. The van der Waals surface area contributed by atoms with Gasteiger partial charge in [0.25, 0.3) is 0 Å². The minimum absolute atomic E-state index is 0.699. The summed E-state index contributed by atoms with van der Waals surface area (Å²) in [4.78, 5) is 0. The maximum Gasteiger partial charge on any atom is 0.0847 e. The van der Waals surface area contributed by atoms with Crippen molar-refractivity contribution in [2.24, 2.45) is 5.73 Å². The summed E-state index contributed by atoms with van der Waals surface area (Å²) in [6.45, 7) is 5.56. The van der Waals surface area contributed by atoms with Crippen LogP contribution in [0, 0.1) is 6.92 Å². The molecule has 3 nitrogen and oxygen atoms in total. The maximum atomic E-state index is 6.10. The van der Waals surface area contributed by atoms with E-state index in [-0.39, 0.29) is 0 Å². The van der Waals surface area contributed by atoms with Gasteiger partial charge in [0.05, 0.1) is 16.4 Å². The lowest BCUT2D eigenvalue weighted by atomic mass is 10.2. The fraction of sp³-hybridized carbons (Fsp3) is 0.667. The van der Waals surface area contributed by atoms with Crippen molar-refractivity contribution in [3.8, 4) is 0 Å². The van der Waals surface area contributed by atoms with Crippen molar-refractivity contribution in [3.05, 3.63) is 16.4 Å². The van der Waals surface area contributed by atoms with Gasteiger partial charge >= 0.3 is 0 Å². The molecule has 0 aliphatic rings. The van der Waals surface area contributed by atoms with Crippen LogP contribution >= 0.6 is 11.6 Å². The molecule has 0 fully saturated rings. The Bertz CT molecular complexity index is 281. The van der Waals surface area contributed by atoms with Crippen molar-refractivity contribution in [3.63, 3.8) is 0 Å². The molecule has 0 unspecified atom stereocenters. The summed E-state index contributed by atoms with van der Waals surface area (Å²) in [5, 5.41) is 5.13. The molecule has 1 aromatic heterocycles. The van der Waals surface area contributed by atoms with Crippen LogP contribution in [0.1, 0.15) is 24.7 Å². The number of rotatable bonds is 4. The van der Waals surface area contributed by atoms with E-state index in [0.29, 0.717) is 6.54 Å². The number of hydrogen-bond acceptors (Lipinski definition) is 2. The number of hydrogen-bond donors (Lipinski definition) is 1. The number of nitrogens with zero attached hydrogens (tertiary/aromatic N) is 2. The third kappa shape index (κ3) is 2.23. The van der Waals surface area contributed by atoms with Crippen LogP contribution < -0.4 is 5.73 Å². The zero-order valence-electron chi connectivity index (χ0n) is 8.18. The highest BCUT2D eigenvalue weighted by Gasteiger charge is 2.10. The molecule has 4 heteroatoms. The number of halogens is 1. The average molecular weight is 202 g/mol. The molecule has 1 rings (SSSR count). The highest BCUT2D eigenvalue weighted by molar-refractivity contribution is 6.31. The van der Waals surface area contributed by atoms with Crippen molar-refractivity contribution in [2.45, 2.75) is 33.2 Å². The molecule has 1 aromatic rings. The Kier molecular flexibility index (Phi) is 3.75. The van der Waals surface area contributed by atoms with Gasteiger partial charge < -0.3 is 5.73 Å². The first-order chi connectivity index (χ1) is 6.20. The van der Waals surface area contributed by atoms with Crippen LogP contribution in [0.2, 0.25) is 5.02 Å². The van der Waals surface area contributed by atoms with E-state index in [9.17, 15) is 0 Å². The van der Waals surface area contributed by atoms with E-state index in [4.69, 9.17) is 17.3 Å². The zero-order chi connectivity index (χ0) is 9.84. The molecule has 0 saturated carbocycles.